The van der Waals surface area contributed by atoms with E-state index in [4.69, 9.17) is 24.1 Å². The number of hydrogen-bond acceptors (Lipinski definition) is 11. The monoisotopic (exact) mass is 842 g/mol. The summed E-state index contributed by atoms with van der Waals surface area (Å²) in [4.78, 5) is 82.7. The lowest BCUT2D eigenvalue weighted by Gasteiger charge is -2.28. The Morgan fingerprint density at radius 1 is 0.542 bits per heavy atom. The van der Waals surface area contributed by atoms with Crippen LogP contribution in [0.25, 0.3) is 0 Å². The van der Waals surface area contributed by atoms with Crippen molar-refractivity contribution in [2.75, 3.05) is 72.5 Å². The highest BCUT2D eigenvalue weighted by Gasteiger charge is 2.30. The van der Waals surface area contributed by atoms with Crippen LogP contribution in [0.2, 0.25) is 0 Å². The summed E-state index contributed by atoms with van der Waals surface area (Å²) in [6.45, 7) is 4.04. The Balaban J connectivity index is 2.03. The van der Waals surface area contributed by atoms with Crippen LogP contribution in [0.3, 0.4) is 0 Å². The topological polar surface area (TPSA) is 233 Å². The Labute approximate surface area is 351 Å². The number of carboxylic acids is 2. The van der Waals surface area contributed by atoms with Crippen LogP contribution in [0.1, 0.15) is 142 Å². The molecule has 3 amide bonds. The van der Waals surface area contributed by atoms with Gasteiger partial charge in [-0.2, -0.15) is 0 Å². The lowest BCUT2D eigenvalue weighted by atomic mass is 9.78. The molecule has 1 aliphatic rings. The van der Waals surface area contributed by atoms with Crippen molar-refractivity contribution in [2.45, 2.75) is 142 Å². The third-order valence-electron chi connectivity index (χ3n) is 10.4. The molecule has 1 fully saturated rings. The molecule has 16 heteroatoms. The molecule has 0 saturated heterocycles. The van der Waals surface area contributed by atoms with Crippen molar-refractivity contribution < 1.29 is 62.7 Å². The van der Waals surface area contributed by atoms with Crippen molar-refractivity contribution in [3.8, 4) is 0 Å². The predicted octanol–water partition coefficient (Wildman–Crippen LogP) is 4.78. The summed E-state index contributed by atoms with van der Waals surface area (Å²) in [5, 5.41) is 26.8. The molecule has 5 N–H and O–H groups in total. The molecule has 59 heavy (non-hydrogen) atoms. The number of ether oxygens (including phenoxy) is 4. The quantitative estimate of drug-likeness (QED) is 0.0524. The number of hydrogen-bond donors (Lipinski definition) is 5. The molecule has 0 unspecified atom stereocenters. The highest BCUT2D eigenvalue weighted by atomic mass is 16.5. The zero-order valence-corrected chi connectivity index (χ0v) is 35.7. The zero-order chi connectivity index (χ0) is 43.4. The van der Waals surface area contributed by atoms with E-state index in [9.17, 15) is 38.7 Å². The van der Waals surface area contributed by atoms with E-state index in [0.29, 0.717) is 58.1 Å². The molecule has 0 bridgehead atoms. The molecule has 0 spiro atoms. The molecule has 1 rings (SSSR count). The number of unbranched alkanes of at least 4 members (excludes halogenated alkanes) is 11. The Morgan fingerprint density at radius 2 is 1.02 bits per heavy atom. The summed E-state index contributed by atoms with van der Waals surface area (Å²) in [6.07, 6.45) is 16.9. The van der Waals surface area contributed by atoms with Gasteiger partial charge in [-0.25, -0.2) is 0 Å². The van der Waals surface area contributed by atoms with Crippen molar-refractivity contribution in [3.63, 3.8) is 0 Å². The number of rotatable bonds is 40. The number of nitrogens with one attached hydrogen (secondary N) is 3. The van der Waals surface area contributed by atoms with Gasteiger partial charge in [-0.15, -0.1) is 0 Å². The third-order valence-corrected chi connectivity index (χ3v) is 10.4. The van der Waals surface area contributed by atoms with Gasteiger partial charge in [0.25, 0.3) is 0 Å². The number of carboxylic acid groups (broad SMARTS) is 2. The number of carbonyl (C=O) groups is 7. The van der Waals surface area contributed by atoms with Gasteiger partial charge in [0.05, 0.1) is 45.6 Å². The van der Waals surface area contributed by atoms with Crippen molar-refractivity contribution in [1.29, 1.82) is 0 Å². The van der Waals surface area contributed by atoms with Crippen LogP contribution in [0, 0.1) is 17.8 Å². The Hall–Kier alpha value is -3.47. The van der Waals surface area contributed by atoms with E-state index >= 15 is 0 Å². The fourth-order valence-corrected chi connectivity index (χ4v) is 6.88. The molecule has 0 aliphatic heterocycles. The fraction of sp³-hybridized carbons (Fsp3) is 0.837. The maximum absolute atomic E-state index is 13.0. The number of carbonyl (C=O) groups excluding carboxylic acids is 5. The van der Waals surface area contributed by atoms with E-state index in [-0.39, 0.29) is 100 Å². The first-order chi connectivity index (χ1) is 28.5. The standard InChI is InChI=1S/C43H75N3O13/c1-34(47)32-58-28-26-57-25-23-45-41(51)33-59-29-27-56-24-22-44-40(50)21-20-37(43(54)55)30-38(48)36-18-16-35(17-19-36)31-46-39(49)14-12-10-8-6-4-2-3-5-7-9-11-13-15-42(52)53/h35-37H,2-33H2,1H3,(H,44,50)(H,45,51)(H,46,49)(H,52,53)(H,54,55)/t35-,36-,37-/m1/s1. The molecule has 1 aliphatic carbocycles. The predicted molar refractivity (Wildman–Crippen MR) is 221 cm³/mol. The van der Waals surface area contributed by atoms with Crippen molar-refractivity contribution in [3.05, 3.63) is 0 Å². The van der Waals surface area contributed by atoms with Gasteiger partial charge in [0.1, 0.15) is 19.0 Å². The molecule has 0 aromatic carbocycles. The van der Waals surface area contributed by atoms with E-state index in [2.05, 4.69) is 16.0 Å². The van der Waals surface area contributed by atoms with Crippen LogP contribution in [0.15, 0.2) is 0 Å². The maximum Gasteiger partial charge on any atom is 0.306 e. The van der Waals surface area contributed by atoms with Crippen LogP contribution < -0.4 is 16.0 Å². The molecule has 0 radical (unpaired) electrons. The molecule has 16 nitrogen and oxygen atoms in total. The smallest absolute Gasteiger partial charge is 0.306 e. The van der Waals surface area contributed by atoms with Gasteiger partial charge >= 0.3 is 11.9 Å². The maximum atomic E-state index is 13.0. The highest BCUT2D eigenvalue weighted by molar-refractivity contribution is 5.86. The van der Waals surface area contributed by atoms with Gasteiger partial charge in [0, 0.05) is 51.2 Å². The van der Waals surface area contributed by atoms with E-state index in [1.807, 2.05) is 0 Å². The lowest BCUT2D eigenvalue weighted by Crippen LogP contribution is -2.33. The zero-order valence-electron chi connectivity index (χ0n) is 35.7. The summed E-state index contributed by atoms with van der Waals surface area (Å²) < 4.78 is 21.0. The average Bonchev–Trinajstić information content (AvgIpc) is 3.20. The normalized spacial score (nSPS) is 15.6. The Kier molecular flexibility index (Phi) is 33.0. The molecule has 0 aromatic rings. The summed E-state index contributed by atoms with van der Waals surface area (Å²) >= 11 is 0. The minimum absolute atomic E-state index is 0.0193. The van der Waals surface area contributed by atoms with E-state index in [1.54, 1.807) is 0 Å². The van der Waals surface area contributed by atoms with Gasteiger partial charge in [-0.3, -0.25) is 33.6 Å². The third kappa shape index (κ3) is 33.0. The second-order valence-electron chi connectivity index (χ2n) is 15.6. The van der Waals surface area contributed by atoms with Crippen LogP contribution in [-0.2, 0) is 52.5 Å². The van der Waals surface area contributed by atoms with Crippen LogP contribution >= 0.6 is 0 Å². The first kappa shape index (κ1) is 53.5. The van der Waals surface area contributed by atoms with Crippen LogP contribution in [0.4, 0.5) is 0 Å². The average molecular weight is 842 g/mol. The first-order valence-corrected chi connectivity index (χ1v) is 22.1. The van der Waals surface area contributed by atoms with Gasteiger partial charge in [0.2, 0.25) is 17.7 Å². The minimum Gasteiger partial charge on any atom is -0.481 e. The molecular formula is C43H75N3O13. The number of aliphatic carboxylic acids is 2. The van der Waals surface area contributed by atoms with E-state index < -0.39 is 17.9 Å². The fourth-order valence-electron chi connectivity index (χ4n) is 6.88. The lowest BCUT2D eigenvalue weighted by molar-refractivity contribution is -0.145. The SMILES string of the molecule is CC(=O)COCCOCCNC(=O)COCCOCCNC(=O)CC[C@H](CC(=O)[C@H]1CC[C@H](CNC(=O)CCCCCCCCCCCCCCC(=O)O)CC1)C(=O)O. The van der Waals surface area contributed by atoms with Gasteiger partial charge < -0.3 is 45.1 Å². The van der Waals surface area contributed by atoms with E-state index in [1.165, 1.54) is 45.4 Å². The number of amides is 3. The number of ketones is 2. The largest absolute Gasteiger partial charge is 0.481 e. The Bertz CT molecular complexity index is 1190. The number of Topliss-reactive ketones (excluding diaryl/α,β-unsaturated/α-hetero) is 2. The molecule has 1 saturated carbocycles. The summed E-state index contributed by atoms with van der Waals surface area (Å²) in [6, 6.07) is 0. The van der Waals surface area contributed by atoms with Gasteiger partial charge in [-0.05, 0) is 57.8 Å². The van der Waals surface area contributed by atoms with Crippen molar-refractivity contribution in [2.24, 2.45) is 17.8 Å². The molecule has 0 heterocycles. The summed E-state index contributed by atoms with van der Waals surface area (Å²) in [7, 11) is 0. The summed E-state index contributed by atoms with van der Waals surface area (Å²) in [5.74, 6) is -3.29. The minimum atomic E-state index is -1.09. The first-order valence-electron chi connectivity index (χ1n) is 22.1. The van der Waals surface area contributed by atoms with Gasteiger partial charge in [-0.1, -0.05) is 64.2 Å². The molecule has 340 valence electrons. The molecule has 1 atom stereocenters. The Morgan fingerprint density at radius 3 is 1.54 bits per heavy atom. The van der Waals surface area contributed by atoms with Crippen molar-refractivity contribution in [1.82, 2.24) is 16.0 Å². The summed E-state index contributed by atoms with van der Waals surface area (Å²) in [5.41, 5.74) is 0. The molecule has 0 aromatic heterocycles. The molecular weight excluding hydrogens is 766 g/mol. The van der Waals surface area contributed by atoms with Crippen molar-refractivity contribution >= 4 is 41.2 Å². The van der Waals surface area contributed by atoms with Crippen LogP contribution in [0.5, 0.6) is 0 Å². The van der Waals surface area contributed by atoms with Crippen LogP contribution in [-0.4, -0.2) is 124 Å². The second-order valence-corrected chi connectivity index (χ2v) is 15.6. The second kappa shape index (κ2) is 36.4. The highest BCUT2D eigenvalue weighted by Crippen LogP contribution is 2.31. The van der Waals surface area contributed by atoms with E-state index in [0.717, 1.165) is 51.4 Å². The van der Waals surface area contributed by atoms with Gasteiger partial charge in [0.15, 0.2) is 5.78 Å².